The normalized spacial score (nSPS) is 21.4. The Hall–Kier alpha value is -0.870. The first-order chi connectivity index (χ1) is 8.34. The predicted molar refractivity (Wildman–Crippen MR) is 73.2 cm³/mol. The van der Waals surface area contributed by atoms with Crippen LogP contribution < -0.4 is 0 Å². The number of sulfonamides is 1. The van der Waals surface area contributed by atoms with Crippen LogP contribution in [0.4, 0.5) is 0 Å². The van der Waals surface area contributed by atoms with Crippen molar-refractivity contribution in [1.82, 2.24) is 4.31 Å². The molecule has 0 spiro atoms. The molecule has 1 heterocycles. The summed E-state index contributed by atoms with van der Waals surface area (Å²) in [5, 5.41) is 0. The first kappa shape index (κ1) is 13.6. The van der Waals surface area contributed by atoms with Crippen molar-refractivity contribution in [3.05, 3.63) is 28.8 Å². The van der Waals surface area contributed by atoms with Gasteiger partial charge in [-0.2, -0.15) is 4.31 Å². The Balaban J connectivity index is 2.54. The zero-order valence-corrected chi connectivity index (χ0v) is 12.3. The van der Waals surface area contributed by atoms with Crippen molar-refractivity contribution in [2.75, 3.05) is 6.54 Å². The SMILES string of the molecule is Cc1cc(C)c(S(=O)(=O)N2CCCC2C)c(C)c1. The van der Waals surface area contributed by atoms with Crippen LogP contribution in [0.5, 0.6) is 0 Å². The molecule has 1 unspecified atom stereocenters. The minimum Gasteiger partial charge on any atom is -0.207 e. The van der Waals surface area contributed by atoms with Crippen molar-refractivity contribution in [3.63, 3.8) is 0 Å². The van der Waals surface area contributed by atoms with Gasteiger partial charge in [-0.05, 0) is 51.7 Å². The standard InChI is InChI=1S/C14H21NO2S/c1-10-8-11(2)14(12(3)9-10)18(16,17)15-7-5-6-13(15)4/h8-9,13H,5-7H2,1-4H3. The number of nitrogens with zero attached hydrogens (tertiary/aromatic N) is 1. The van der Waals surface area contributed by atoms with E-state index >= 15 is 0 Å². The average molecular weight is 267 g/mol. The van der Waals surface area contributed by atoms with Gasteiger partial charge in [0, 0.05) is 12.6 Å². The van der Waals surface area contributed by atoms with E-state index in [1.807, 2.05) is 39.8 Å². The monoisotopic (exact) mass is 267 g/mol. The van der Waals surface area contributed by atoms with Crippen LogP contribution in [0.1, 0.15) is 36.5 Å². The van der Waals surface area contributed by atoms with Crippen LogP contribution in [0.25, 0.3) is 0 Å². The largest absolute Gasteiger partial charge is 0.243 e. The molecule has 4 heteroatoms. The molecule has 0 N–H and O–H groups in total. The highest BCUT2D eigenvalue weighted by molar-refractivity contribution is 7.89. The molecule has 1 aromatic carbocycles. The molecule has 0 radical (unpaired) electrons. The average Bonchev–Trinajstić information content (AvgIpc) is 2.62. The zero-order valence-electron chi connectivity index (χ0n) is 11.5. The minimum atomic E-state index is -3.33. The molecule has 1 aromatic rings. The van der Waals surface area contributed by atoms with E-state index in [1.54, 1.807) is 4.31 Å². The summed E-state index contributed by atoms with van der Waals surface area (Å²) in [4.78, 5) is 0.502. The lowest BCUT2D eigenvalue weighted by atomic mass is 10.1. The molecule has 0 amide bonds. The molecule has 0 bridgehead atoms. The Kier molecular flexibility index (Phi) is 3.52. The Morgan fingerprint density at radius 3 is 2.17 bits per heavy atom. The number of aryl methyl sites for hydroxylation is 3. The lowest BCUT2D eigenvalue weighted by Crippen LogP contribution is -2.34. The quantitative estimate of drug-likeness (QED) is 0.826. The molecule has 1 atom stereocenters. The zero-order chi connectivity index (χ0) is 13.5. The van der Waals surface area contributed by atoms with Crippen LogP contribution >= 0.6 is 0 Å². The van der Waals surface area contributed by atoms with E-state index < -0.39 is 10.0 Å². The van der Waals surface area contributed by atoms with Gasteiger partial charge < -0.3 is 0 Å². The molecular weight excluding hydrogens is 246 g/mol. The maximum atomic E-state index is 12.7. The molecule has 0 aliphatic carbocycles. The Labute approximate surface area is 110 Å². The van der Waals surface area contributed by atoms with E-state index in [1.165, 1.54) is 0 Å². The van der Waals surface area contributed by atoms with Gasteiger partial charge in [-0.15, -0.1) is 0 Å². The molecule has 100 valence electrons. The summed E-state index contributed by atoms with van der Waals surface area (Å²) in [6.45, 7) is 8.40. The summed E-state index contributed by atoms with van der Waals surface area (Å²) >= 11 is 0. The van der Waals surface area contributed by atoms with Crippen molar-refractivity contribution in [1.29, 1.82) is 0 Å². The van der Waals surface area contributed by atoms with E-state index in [0.29, 0.717) is 11.4 Å². The Morgan fingerprint density at radius 1 is 1.17 bits per heavy atom. The minimum absolute atomic E-state index is 0.120. The van der Waals surface area contributed by atoms with Gasteiger partial charge in [0.25, 0.3) is 0 Å². The van der Waals surface area contributed by atoms with Gasteiger partial charge in [-0.3, -0.25) is 0 Å². The van der Waals surface area contributed by atoms with Crippen molar-refractivity contribution < 1.29 is 8.42 Å². The summed E-state index contributed by atoms with van der Waals surface area (Å²) in [6.07, 6.45) is 1.92. The second kappa shape index (κ2) is 4.67. The number of rotatable bonds is 2. The highest BCUT2D eigenvalue weighted by Crippen LogP contribution is 2.30. The molecule has 0 saturated carbocycles. The fourth-order valence-corrected chi connectivity index (χ4v) is 5.07. The molecule has 1 fully saturated rings. The summed E-state index contributed by atoms with van der Waals surface area (Å²) in [5.41, 5.74) is 2.82. The maximum absolute atomic E-state index is 12.7. The second-order valence-electron chi connectivity index (χ2n) is 5.33. The van der Waals surface area contributed by atoms with Crippen LogP contribution in [0, 0.1) is 20.8 Å². The van der Waals surface area contributed by atoms with Gasteiger partial charge in [-0.25, -0.2) is 8.42 Å². The third kappa shape index (κ3) is 2.19. The van der Waals surface area contributed by atoms with E-state index in [-0.39, 0.29) is 6.04 Å². The van der Waals surface area contributed by atoms with Crippen molar-refractivity contribution >= 4 is 10.0 Å². The summed E-state index contributed by atoms with van der Waals surface area (Å²) in [5.74, 6) is 0. The van der Waals surface area contributed by atoms with Gasteiger partial charge in [-0.1, -0.05) is 17.7 Å². The maximum Gasteiger partial charge on any atom is 0.243 e. The lowest BCUT2D eigenvalue weighted by molar-refractivity contribution is 0.407. The molecular formula is C14H21NO2S. The molecule has 0 aromatic heterocycles. The second-order valence-corrected chi connectivity index (χ2v) is 7.16. The van der Waals surface area contributed by atoms with Crippen molar-refractivity contribution in [2.24, 2.45) is 0 Å². The summed E-state index contributed by atoms with van der Waals surface area (Å²) in [7, 11) is -3.33. The molecule has 18 heavy (non-hydrogen) atoms. The molecule has 1 saturated heterocycles. The molecule has 3 nitrogen and oxygen atoms in total. The third-order valence-corrected chi connectivity index (χ3v) is 5.98. The van der Waals surface area contributed by atoms with E-state index in [2.05, 4.69) is 0 Å². The number of hydrogen-bond donors (Lipinski definition) is 0. The lowest BCUT2D eigenvalue weighted by Gasteiger charge is -2.23. The number of hydrogen-bond acceptors (Lipinski definition) is 2. The van der Waals surface area contributed by atoms with Gasteiger partial charge in [0.15, 0.2) is 0 Å². The van der Waals surface area contributed by atoms with Gasteiger partial charge in [0.1, 0.15) is 0 Å². The number of benzene rings is 1. The van der Waals surface area contributed by atoms with E-state index in [9.17, 15) is 8.42 Å². The summed E-state index contributed by atoms with van der Waals surface area (Å²) in [6, 6.07) is 4.01. The highest BCUT2D eigenvalue weighted by atomic mass is 32.2. The van der Waals surface area contributed by atoms with Crippen molar-refractivity contribution in [3.8, 4) is 0 Å². The Morgan fingerprint density at radius 2 is 1.72 bits per heavy atom. The summed E-state index contributed by atoms with van der Waals surface area (Å²) < 4.78 is 27.1. The van der Waals surface area contributed by atoms with Gasteiger partial charge in [0.2, 0.25) is 10.0 Å². The van der Waals surface area contributed by atoms with Crippen molar-refractivity contribution in [2.45, 2.75) is 51.5 Å². The van der Waals surface area contributed by atoms with Crippen LogP contribution in [0.15, 0.2) is 17.0 Å². The van der Waals surface area contributed by atoms with Crippen LogP contribution in [-0.4, -0.2) is 25.3 Å². The van der Waals surface area contributed by atoms with Gasteiger partial charge >= 0.3 is 0 Å². The van der Waals surface area contributed by atoms with Gasteiger partial charge in [0.05, 0.1) is 4.90 Å². The third-order valence-electron chi connectivity index (χ3n) is 3.66. The van der Waals surface area contributed by atoms with Crippen LogP contribution in [0.3, 0.4) is 0 Å². The highest BCUT2D eigenvalue weighted by Gasteiger charge is 2.34. The fraction of sp³-hybridized carbons (Fsp3) is 0.571. The first-order valence-corrected chi connectivity index (χ1v) is 7.87. The Bertz CT molecular complexity index is 540. The molecule has 1 aliphatic rings. The topological polar surface area (TPSA) is 37.4 Å². The van der Waals surface area contributed by atoms with E-state index in [0.717, 1.165) is 29.5 Å². The molecule has 2 rings (SSSR count). The smallest absolute Gasteiger partial charge is 0.207 e. The van der Waals surface area contributed by atoms with Crippen LogP contribution in [0.2, 0.25) is 0 Å². The molecule has 1 aliphatic heterocycles. The first-order valence-electron chi connectivity index (χ1n) is 6.43. The van der Waals surface area contributed by atoms with E-state index in [4.69, 9.17) is 0 Å². The fourth-order valence-electron chi connectivity index (χ4n) is 2.95. The van der Waals surface area contributed by atoms with Crippen LogP contribution in [-0.2, 0) is 10.0 Å². The predicted octanol–water partition coefficient (Wildman–Crippen LogP) is 2.78.